The van der Waals surface area contributed by atoms with Crippen molar-refractivity contribution < 1.29 is 23.7 Å². The minimum Gasteiger partial charge on any atom is -0.493 e. The summed E-state index contributed by atoms with van der Waals surface area (Å²) in [6.45, 7) is 0.482. The second-order valence-electron chi connectivity index (χ2n) is 4.49. The van der Waals surface area contributed by atoms with E-state index in [0.29, 0.717) is 30.3 Å². The van der Waals surface area contributed by atoms with Crippen LogP contribution in [0.3, 0.4) is 0 Å². The Morgan fingerprint density at radius 3 is 2.21 bits per heavy atom. The molecule has 5 nitrogen and oxygen atoms in total. The first-order valence-electron chi connectivity index (χ1n) is 6.12. The smallest absolute Gasteiger partial charge is 0.306 e. The Hall–Kier alpha value is -1.91. The molecule has 0 unspecified atom stereocenters. The molecular weight excluding hydrogens is 248 g/mol. The Balaban J connectivity index is 2.23. The second-order valence-corrected chi connectivity index (χ2v) is 4.49. The Morgan fingerprint density at radius 2 is 1.79 bits per heavy atom. The third-order valence-electron chi connectivity index (χ3n) is 3.18. The lowest BCUT2D eigenvalue weighted by atomic mass is 9.98. The van der Waals surface area contributed by atoms with Crippen LogP contribution < -0.4 is 14.2 Å². The van der Waals surface area contributed by atoms with E-state index in [9.17, 15) is 4.79 Å². The van der Waals surface area contributed by atoms with Crippen LogP contribution in [0.5, 0.6) is 17.2 Å². The molecule has 1 fully saturated rings. The van der Waals surface area contributed by atoms with E-state index in [-0.39, 0.29) is 11.9 Å². The molecule has 19 heavy (non-hydrogen) atoms. The van der Waals surface area contributed by atoms with Crippen molar-refractivity contribution in [3.8, 4) is 17.2 Å². The van der Waals surface area contributed by atoms with Crippen LogP contribution in [0.15, 0.2) is 12.1 Å². The van der Waals surface area contributed by atoms with Crippen molar-refractivity contribution >= 4 is 5.97 Å². The number of benzene rings is 1. The maximum absolute atomic E-state index is 11.1. The zero-order valence-corrected chi connectivity index (χ0v) is 11.4. The lowest BCUT2D eigenvalue weighted by molar-refractivity contribution is -0.137. The summed E-state index contributed by atoms with van der Waals surface area (Å²) in [6, 6.07) is 3.81. The van der Waals surface area contributed by atoms with Gasteiger partial charge in [0.05, 0.1) is 34.4 Å². The lowest BCUT2D eigenvalue weighted by Crippen LogP contribution is -2.05. The van der Waals surface area contributed by atoms with Crippen molar-refractivity contribution in [1.82, 2.24) is 0 Å². The van der Waals surface area contributed by atoms with E-state index < -0.39 is 0 Å². The topological polar surface area (TPSA) is 54.0 Å². The predicted octanol–water partition coefficient (Wildman–Crippen LogP) is 1.82. The van der Waals surface area contributed by atoms with E-state index in [2.05, 4.69) is 0 Å². The van der Waals surface area contributed by atoms with E-state index in [4.69, 9.17) is 18.9 Å². The molecular formula is C14H18O5. The number of rotatable bonds is 5. The Labute approximate surface area is 112 Å². The Kier molecular flexibility index (Phi) is 4.14. The number of methoxy groups -OCH3 is 3. The molecule has 0 spiro atoms. The first-order valence-corrected chi connectivity index (χ1v) is 6.12. The van der Waals surface area contributed by atoms with Gasteiger partial charge in [-0.25, -0.2) is 0 Å². The highest BCUT2D eigenvalue weighted by atomic mass is 16.5. The molecule has 2 rings (SSSR count). The number of cyclic esters (lactones) is 1. The summed E-state index contributed by atoms with van der Waals surface area (Å²) in [5.74, 6) is 1.92. The number of hydrogen-bond acceptors (Lipinski definition) is 5. The quantitative estimate of drug-likeness (QED) is 0.761. The van der Waals surface area contributed by atoms with Gasteiger partial charge in [0.1, 0.15) is 0 Å². The van der Waals surface area contributed by atoms with Crippen molar-refractivity contribution in [2.24, 2.45) is 5.92 Å². The zero-order valence-electron chi connectivity index (χ0n) is 11.4. The predicted molar refractivity (Wildman–Crippen MR) is 68.9 cm³/mol. The third-order valence-corrected chi connectivity index (χ3v) is 3.18. The molecule has 0 saturated carbocycles. The van der Waals surface area contributed by atoms with Crippen LogP contribution in [0.25, 0.3) is 0 Å². The summed E-state index contributed by atoms with van der Waals surface area (Å²) in [4.78, 5) is 11.1. The van der Waals surface area contributed by atoms with Crippen LogP contribution in [0.2, 0.25) is 0 Å². The monoisotopic (exact) mass is 266 g/mol. The molecule has 104 valence electrons. The van der Waals surface area contributed by atoms with Gasteiger partial charge < -0.3 is 18.9 Å². The number of carbonyl (C=O) groups excluding carboxylic acids is 1. The van der Waals surface area contributed by atoms with E-state index >= 15 is 0 Å². The highest BCUT2D eigenvalue weighted by Crippen LogP contribution is 2.39. The molecule has 1 aromatic rings. The number of hydrogen-bond donors (Lipinski definition) is 0. The number of ether oxygens (including phenoxy) is 4. The van der Waals surface area contributed by atoms with Gasteiger partial charge >= 0.3 is 5.97 Å². The van der Waals surface area contributed by atoms with Crippen LogP contribution in [0, 0.1) is 5.92 Å². The van der Waals surface area contributed by atoms with Gasteiger partial charge in [0.15, 0.2) is 11.5 Å². The summed E-state index contributed by atoms with van der Waals surface area (Å²) in [7, 11) is 4.75. The van der Waals surface area contributed by atoms with Gasteiger partial charge in [0, 0.05) is 5.92 Å². The molecule has 0 aliphatic carbocycles. The van der Waals surface area contributed by atoms with Crippen molar-refractivity contribution in [3.05, 3.63) is 17.7 Å². The van der Waals surface area contributed by atoms with Crippen molar-refractivity contribution in [3.63, 3.8) is 0 Å². The number of carbonyl (C=O) groups is 1. The Bertz CT molecular complexity index is 444. The molecule has 1 aromatic carbocycles. The van der Waals surface area contributed by atoms with Gasteiger partial charge in [0.25, 0.3) is 0 Å². The minimum atomic E-state index is -0.127. The normalized spacial score (nSPS) is 18.1. The lowest BCUT2D eigenvalue weighted by Gasteiger charge is -2.15. The van der Waals surface area contributed by atoms with E-state index in [1.165, 1.54) is 0 Å². The third kappa shape index (κ3) is 2.92. The molecule has 0 N–H and O–H groups in total. The van der Waals surface area contributed by atoms with Gasteiger partial charge in [-0.2, -0.15) is 0 Å². The van der Waals surface area contributed by atoms with Gasteiger partial charge in [-0.1, -0.05) is 0 Å². The van der Waals surface area contributed by atoms with Gasteiger partial charge in [-0.3, -0.25) is 4.79 Å². The molecule has 0 bridgehead atoms. The summed E-state index contributed by atoms with van der Waals surface area (Å²) in [5.41, 5.74) is 1.04. The molecule has 1 aliphatic rings. The fraction of sp³-hybridized carbons (Fsp3) is 0.500. The van der Waals surface area contributed by atoms with Gasteiger partial charge in [-0.05, 0) is 24.1 Å². The summed E-state index contributed by atoms with van der Waals surface area (Å²) < 4.78 is 20.8. The van der Waals surface area contributed by atoms with Crippen molar-refractivity contribution in [1.29, 1.82) is 0 Å². The van der Waals surface area contributed by atoms with Crippen LogP contribution in [-0.2, 0) is 16.0 Å². The average molecular weight is 266 g/mol. The van der Waals surface area contributed by atoms with Crippen LogP contribution in [-0.4, -0.2) is 33.9 Å². The molecule has 1 atom stereocenters. The fourth-order valence-electron chi connectivity index (χ4n) is 2.28. The summed E-state index contributed by atoms with van der Waals surface area (Å²) in [5, 5.41) is 0. The maximum Gasteiger partial charge on any atom is 0.306 e. The van der Waals surface area contributed by atoms with E-state index in [1.807, 2.05) is 12.1 Å². The summed E-state index contributed by atoms with van der Waals surface area (Å²) in [6.07, 6.45) is 1.22. The molecule has 1 saturated heterocycles. The van der Waals surface area contributed by atoms with E-state index in [1.54, 1.807) is 21.3 Å². The van der Waals surface area contributed by atoms with Crippen LogP contribution in [0.4, 0.5) is 0 Å². The Morgan fingerprint density at radius 1 is 1.16 bits per heavy atom. The molecule has 0 amide bonds. The highest BCUT2D eigenvalue weighted by Gasteiger charge is 2.25. The standard InChI is InChI=1S/C14H18O5/c1-16-11-5-9(4-10-7-13(15)19-8-10)6-12(17-2)14(11)18-3/h5-6,10H,4,7-8H2,1-3H3/t10-/m1/s1. The molecule has 0 radical (unpaired) electrons. The second kappa shape index (κ2) is 5.82. The molecule has 1 aliphatic heterocycles. The maximum atomic E-state index is 11.1. The molecule has 5 heteroatoms. The SMILES string of the molecule is COc1cc(C[C@H]2COC(=O)C2)cc(OC)c1OC. The summed E-state index contributed by atoms with van der Waals surface area (Å²) >= 11 is 0. The number of esters is 1. The van der Waals surface area contributed by atoms with Crippen LogP contribution >= 0.6 is 0 Å². The van der Waals surface area contributed by atoms with E-state index in [0.717, 1.165) is 12.0 Å². The largest absolute Gasteiger partial charge is 0.493 e. The van der Waals surface area contributed by atoms with Gasteiger partial charge in [-0.15, -0.1) is 0 Å². The fourth-order valence-corrected chi connectivity index (χ4v) is 2.28. The molecule has 1 heterocycles. The first-order chi connectivity index (χ1) is 9.17. The highest BCUT2D eigenvalue weighted by molar-refractivity contribution is 5.71. The molecule has 0 aromatic heterocycles. The average Bonchev–Trinajstić information content (AvgIpc) is 2.82. The minimum absolute atomic E-state index is 0.127. The zero-order chi connectivity index (χ0) is 13.8. The van der Waals surface area contributed by atoms with Gasteiger partial charge in [0.2, 0.25) is 5.75 Å². The van der Waals surface area contributed by atoms with Crippen molar-refractivity contribution in [2.75, 3.05) is 27.9 Å². The first kappa shape index (κ1) is 13.5. The van der Waals surface area contributed by atoms with Crippen LogP contribution in [0.1, 0.15) is 12.0 Å². The van der Waals surface area contributed by atoms with Crippen molar-refractivity contribution in [2.45, 2.75) is 12.8 Å².